The predicted octanol–water partition coefficient (Wildman–Crippen LogP) is 1.93. The smallest absolute Gasteiger partial charge is 0.132 e. The maximum Gasteiger partial charge on any atom is 0.132 e. The van der Waals surface area contributed by atoms with Gasteiger partial charge in [0.2, 0.25) is 0 Å². The summed E-state index contributed by atoms with van der Waals surface area (Å²) < 4.78 is 0.997. The van der Waals surface area contributed by atoms with Crippen LogP contribution in [0.3, 0.4) is 0 Å². The number of aliphatic imine (C=N–C) groups is 1. The average Bonchev–Trinajstić information content (AvgIpc) is 2.18. The molecule has 2 heterocycles. The van der Waals surface area contributed by atoms with Crippen molar-refractivity contribution >= 4 is 21.8 Å². The van der Waals surface area contributed by atoms with Crippen LogP contribution in [-0.2, 0) is 0 Å². The first-order valence-electron chi connectivity index (χ1n) is 4.64. The molecule has 0 amide bonds. The molecule has 1 aromatic rings. The molecular formula is C10H12BrN3. The van der Waals surface area contributed by atoms with Crippen LogP contribution in [0.25, 0.3) is 0 Å². The highest BCUT2D eigenvalue weighted by molar-refractivity contribution is 9.10. The number of rotatable bonds is 1. The summed E-state index contributed by atoms with van der Waals surface area (Å²) in [5.74, 6) is 1.05. The van der Waals surface area contributed by atoms with Gasteiger partial charge in [-0.15, -0.1) is 0 Å². The second kappa shape index (κ2) is 4.09. The van der Waals surface area contributed by atoms with Crippen molar-refractivity contribution in [2.45, 2.75) is 6.42 Å². The average molecular weight is 254 g/mol. The Balaban J connectivity index is 2.34. The number of hydrogen-bond acceptors (Lipinski definition) is 3. The van der Waals surface area contributed by atoms with Gasteiger partial charge < -0.3 is 4.90 Å². The molecule has 0 N–H and O–H groups in total. The lowest BCUT2D eigenvalue weighted by molar-refractivity contribution is 0.468. The van der Waals surface area contributed by atoms with Gasteiger partial charge in [-0.25, -0.2) is 0 Å². The molecule has 1 aliphatic heterocycles. The van der Waals surface area contributed by atoms with Crippen LogP contribution in [-0.4, -0.2) is 35.9 Å². The molecule has 0 aromatic carbocycles. The molecule has 4 heteroatoms. The van der Waals surface area contributed by atoms with E-state index >= 15 is 0 Å². The van der Waals surface area contributed by atoms with E-state index in [9.17, 15) is 0 Å². The molecule has 0 fully saturated rings. The summed E-state index contributed by atoms with van der Waals surface area (Å²) in [6.07, 6.45) is 4.78. The summed E-state index contributed by atoms with van der Waals surface area (Å²) in [6, 6.07) is 2.05. The van der Waals surface area contributed by atoms with E-state index in [0.29, 0.717) is 0 Å². The summed E-state index contributed by atoms with van der Waals surface area (Å²) in [5.41, 5.74) is 1.08. The minimum atomic E-state index is 0.923. The van der Waals surface area contributed by atoms with Gasteiger partial charge in [-0.2, -0.15) is 0 Å². The number of hydrogen-bond donors (Lipinski definition) is 0. The molecule has 3 nitrogen and oxygen atoms in total. The summed E-state index contributed by atoms with van der Waals surface area (Å²) in [4.78, 5) is 10.8. The molecule has 0 unspecified atom stereocenters. The van der Waals surface area contributed by atoms with Crippen molar-refractivity contribution in [2.24, 2.45) is 4.99 Å². The van der Waals surface area contributed by atoms with Crippen LogP contribution in [0.15, 0.2) is 27.9 Å². The first-order chi connectivity index (χ1) is 6.77. The zero-order valence-corrected chi connectivity index (χ0v) is 9.66. The lowest BCUT2D eigenvalue weighted by Crippen LogP contribution is -2.32. The minimum absolute atomic E-state index is 0.923. The topological polar surface area (TPSA) is 28.5 Å². The molecule has 74 valence electrons. The van der Waals surface area contributed by atoms with Crippen molar-refractivity contribution in [1.29, 1.82) is 0 Å². The largest absolute Gasteiger partial charge is 0.359 e. The van der Waals surface area contributed by atoms with Crippen LogP contribution in [0.5, 0.6) is 0 Å². The Morgan fingerprint density at radius 1 is 1.43 bits per heavy atom. The molecule has 0 saturated carbocycles. The third-order valence-electron chi connectivity index (χ3n) is 2.24. The fourth-order valence-electron chi connectivity index (χ4n) is 1.57. The lowest BCUT2D eigenvalue weighted by atomic mass is 10.2. The van der Waals surface area contributed by atoms with Gasteiger partial charge in [0.05, 0.1) is 0 Å². The Morgan fingerprint density at radius 2 is 2.29 bits per heavy atom. The van der Waals surface area contributed by atoms with E-state index in [1.165, 1.54) is 0 Å². The van der Waals surface area contributed by atoms with Crippen molar-refractivity contribution in [3.05, 3.63) is 28.5 Å². The minimum Gasteiger partial charge on any atom is -0.359 e. The number of pyridine rings is 1. The standard InChI is InChI=1S/C10H12BrN3/c1-14-4-2-3-13-10(14)8-5-9(11)7-12-6-8/h5-7H,2-4H2,1H3. The molecule has 0 aliphatic carbocycles. The van der Waals surface area contributed by atoms with Gasteiger partial charge in [0, 0.05) is 42.6 Å². The van der Waals surface area contributed by atoms with Crippen LogP contribution < -0.4 is 0 Å². The third kappa shape index (κ3) is 1.95. The second-order valence-corrected chi connectivity index (χ2v) is 4.29. The van der Waals surface area contributed by atoms with Crippen molar-refractivity contribution in [3.8, 4) is 0 Å². The van der Waals surface area contributed by atoms with E-state index in [2.05, 4.69) is 37.9 Å². The maximum absolute atomic E-state index is 4.50. The molecular weight excluding hydrogens is 242 g/mol. The van der Waals surface area contributed by atoms with E-state index in [0.717, 1.165) is 35.4 Å². The lowest BCUT2D eigenvalue weighted by Gasteiger charge is -2.25. The molecule has 0 radical (unpaired) electrons. The van der Waals surface area contributed by atoms with Gasteiger partial charge >= 0.3 is 0 Å². The maximum atomic E-state index is 4.50. The van der Waals surface area contributed by atoms with Gasteiger partial charge in [-0.1, -0.05) is 0 Å². The van der Waals surface area contributed by atoms with Gasteiger partial charge in [0.1, 0.15) is 5.84 Å². The van der Waals surface area contributed by atoms with Gasteiger partial charge in [0.15, 0.2) is 0 Å². The Morgan fingerprint density at radius 3 is 3.00 bits per heavy atom. The van der Waals surface area contributed by atoms with Crippen LogP contribution >= 0.6 is 15.9 Å². The number of aromatic nitrogens is 1. The Bertz CT molecular complexity index is 362. The molecule has 0 bridgehead atoms. The van der Waals surface area contributed by atoms with Crippen LogP contribution in [0, 0.1) is 0 Å². The summed E-state index contributed by atoms with van der Waals surface area (Å²) in [7, 11) is 2.07. The van der Waals surface area contributed by atoms with E-state index < -0.39 is 0 Å². The second-order valence-electron chi connectivity index (χ2n) is 3.37. The summed E-state index contributed by atoms with van der Waals surface area (Å²) in [5, 5.41) is 0. The van der Waals surface area contributed by atoms with E-state index in [4.69, 9.17) is 0 Å². The van der Waals surface area contributed by atoms with E-state index in [-0.39, 0.29) is 0 Å². The Kier molecular flexibility index (Phi) is 2.82. The Labute approximate surface area is 92.0 Å². The third-order valence-corrected chi connectivity index (χ3v) is 2.67. The molecule has 14 heavy (non-hydrogen) atoms. The fourth-order valence-corrected chi connectivity index (χ4v) is 1.93. The zero-order chi connectivity index (χ0) is 9.97. The highest BCUT2D eigenvalue weighted by Gasteiger charge is 2.13. The van der Waals surface area contributed by atoms with Crippen molar-refractivity contribution < 1.29 is 0 Å². The SMILES string of the molecule is CN1CCCN=C1c1cncc(Br)c1. The molecule has 2 rings (SSSR count). The number of nitrogens with zero attached hydrogens (tertiary/aromatic N) is 3. The highest BCUT2D eigenvalue weighted by atomic mass is 79.9. The van der Waals surface area contributed by atoms with E-state index in [1.54, 1.807) is 6.20 Å². The first-order valence-corrected chi connectivity index (χ1v) is 5.43. The normalized spacial score (nSPS) is 16.7. The van der Waals surface area contributed by atoms with Crippen molar-refractivity contribution in [3.63, 3.8) is 0 Å². The van der Waals surface area contributed by atoms with E-state index in [1.807, 2.05) is 12.3 Å². The molecule has 1 aromatic heterocycles. The van der Waals surface area contributed by atoms with Gasteiger partial charge in [0.25, 0.3) is 0 Å². The summed E-state index contributed by atoms with van der Waals surface area (Å²) in [6.45, 7) is 2.00. The van der Waals surface area contributed by atoms with Gasteiger partial charge in [-0.05, 0) is 28.4 Å². The molecule has 1 aliphatic rings. The van der Waals surface area contributed by atoms with Crippen molar-refractivity contribution in [1.82, 2.24) is 9.88 Å². The Hall–Kier alpha value is -0.900. The zero-order valence-electron chi connectivity index (χ0n) is 8.07. The van der Waals surface area contributed by atoms with Crippen LogP contribution in [0.4, 0.5) is 0 Å². The van der Waals surface area contributed by atoms with Crippen molar-refractivity contribution in [2.75, 3.05) is 20.1 Å². The molecule has 0 saturated heterocycles. The highest BCUT2D eigenvalue weighted by Crippen LogP contribution is 2.13. The summed E-state index contributed by atoms with van der Waals surface area (Å²) >= 11 is 3.41. The van der Waals surface area contributed by atoms with Gasteiger partial charge in [-0.3, -0.25) is 9.98 Å². The number of halogens is 1. The number of amidine groups is 1. The quantitative estimate of drug-likeness (QED) is 0.766. The molecule has 0 spiro atoms. The van der Waals surface area contributed by atoms with Crippen LogP contribution in [0.1, 0.15) is 12.0 Å². The fraction of sp³-hybridized carbons (Fsp3) is 0.400. The van der Waals surface area contributed by atoms with Crippen LogP contribution in [0.2, 0.25) is 0 Å². The molecule has 0 atom stereocenters. The monoisotopic (exact) mass is 253 g/mol. The first kappa shape index (κ1) is 9.65. The predicted molar refractivity (Wildman–Crippen MR) is 60.6 cm³/mol.